The van der Waals surface area contributed by atoms with E-state index in [0.29, 0.717) is 31.9 Å². The molecule has 1 fully saturated rings. The highest BCUT2D eigenvalue weighted by Crippen LogP contribution is 2.21. The van der Waals surface area contributed by atoms with Crippen LogP contribution in [-0.2, 0) is 14.8 Å². The van der Waals surface area contributed by atoms with E-state index in [2.05, 4.69) is 11.4 Å². The molecule has 28 heavy (non-hydrogen) atoms. The van der Waals surface area contributed by atoms with E-state index < -0.39 is 15.6 Å². The maximum atomic E-state index is 12.8. The Morgan fingerprint density at radius 2 is 1.82 bits per heavy atom. The third-order valence-electron chi connectivity index (χ3n) is 5.18. The molecule has 1 heterocycles. The van der Waals surface area contributed by atoms with Gasteiger partial charge in [0.2, 0.25) is 15.9 Å². The molecule has 1 aliphatic heterocycles. The average molecular weight is 409 g/mol. The van der Waals surface area contributed by atoms with Crippen LogP contribution >= 0.6 is 0 Å². The van der Waals surface area contributed by atoms with E-state index >= 15 is 0 Å². The third kappa shape index (κ3) is 5.01. The van der Waals surface area contributed by atoms with Gasteiger partial charge in [-0.25, -0.2) is 8.42 Å². The van der Waals surface area contributed by atoms with Crippen LogP contribution in [0.1, 0.15) is 20.8 Å². The second-order valence-electron chi connectivity index (χ2n) is 7.37. The van der Waals surface area contributed by atoms with Gasteiger partial charge in [-0.1, -0.05) is 13.8 Å². The van der Waals surface area contributed by atoms with Gasteiger partial charge in [-0.05, 0) is 37.1 Å². The summed E-state index contributed by atoms with van der Waals surface area (Å²) in [7, 11) is -2.05. The zero-order chi connectivity index (χ0) is 20.9. The van der Waals surface area contributed by atoms with Crippen molar-refractivity contribution >= 4 is 15.9 Å². The molecule has 1 amide bonds. The minimum Gasteiger partial charge on any atom is -0.497 e. The number of nitrogens with one attached hydrogen (secondary N) is 1. The number of hydrogen-bond donors (Lipinski definition) is 1. The fraction of sp³-hybridized carbons (Fsp3) is 0.579. The minimum absolute atomic E-state index is 0.0204. The zero-order valence-electron chi connectivity index (χ0n) is 16.8. The average Bonchev–Trinajstić information content (AvgIpc) is 2.68. The van der Waals surface area contributed by atoms with E-state index in [1.165, 1.54) is 23.5 Å². The molecule has 1 saturated heterocycles. The van der Waals surface area contributed by atoms with E-state index in [0.717, 1.165) is 0 Å². The summed E-state index contributed by atoms with van der Waals surface area (Å²) in [5, 5.41) is 12.1. The SMILES string of the molecule is COc1ccc(S(=O)(=O)N2CCN(CC(=O)N[C@@](C)(C#N)C(C)C)CC2)cc1. The van der Waals surface area contributed by atoms with Gasteiger partial charge in [0.25, 0.3) is 0 Å². The van der Waals surface area contributed by atoms with Gasteiger partial charge in [0, 0.05) is 26.2 Å². The largest absolute Gasteiger partial charge is 0.497 e. The van der Waals surface area contributed by atoms with Crippen LogP contribution in [0.15, 0.2) is 29.2 Å². The quantitative estimate of drug-likeness (QED) is 0.724. The standard InChI is InChI=1S/C19H28N4O4S/c1-15(2)19(3,14-20)21-18(24)13-22-9-11-23(12-10-22)28(25,26)17-7-5-16(27-4)6-8-17/h5-8,15H,9-13H2,1-4H3,(H,21,24)/t19-/m0/s1. The number of piperazine rings is 1. The lowest BCUT2D eigenvalue weighted by molar-refractivity contribution is -0.124. The van der Waals surface area contributed by atoms with Crippen LogP contribution in [0.4, 0.5) is 0 Å². The van der Waals surface area contributed by atoms with Crippen molar-refractivity contribution in [3.63, 3.8) is 0 Å². The number of hydrogen-bond acceptors (Lipinski definition) is 6. The van der Waals surface area contributed by atoms with Crippen LogP contribution in [0.3, 0.4) is 0 Å². The van der Waals surface area contributed by atoms with Gasteiger partial charge < -0.3 is 10.1 Å². The van der Waals surface area contributed by atoms with E-state index in [9.17, 15) is 18.5 Å². The Morgan fingerprint density at radius 1 is 1.25 bits per heavy atom. The van der Waals surface area contributed by atoms with Crippen LogP contribution in [0.2, 0.25) is 0 Å². The lowest BCUT2D eigenvalue weighted by Crippen LogP contribution is -2.55. The molecule has 1 aliphatic rings. The minimum atomic E-state index is -3.58. The second-order valence-corrected chi connectivity index (χ2v) is 9.31. The topological polar surface area (TPSA) is 103 Å². The monoisotopic (exact) mass is 408 g/mol. The summed E-state index contributed by atoms with van der Waals surface area (Å²) < 4.78 is 32.0. The molecule has 1 N–H and O–H groups in total. The number of carbonyl (C=O) groups excluding carboxylic acids is 1. The highest BCUT2D eigenvalue weighted by molar-refractivity contribution is 7.89. The number of nitrogens with zero attached hydrogens (tertiary/aromatic N) is 3. The van der Waals surface area contributed by atoms with Crippen molar-refractivity contribution in [2.75, 3.05) is 39.8 Å². The predicted molar refractivity (Wildman–Crippen MR) is 105 cm³/mol. The first-order valence-electron chi connectivity index (χ1n) is 9.21. The van der Waals surface area contributed by atoms with E-state index in [1.807, 2.05) is 18.7 Å². The molecule has 0 radical (unpaired) electrons. The molecule has 9 heteroatoms. The molecular formula is C19H28N4O4S. The van der Waals surface area contributed by atoms with Crippen molar-refractivity contribution < 1.29 is 17.9 Å². The van der Waals surface area contributed by atoms with Gasteiger partial charge >= 0.3 is 0 Å². The Bertz CT molecular complexity index is 824. The smallest absolute Gasteiger partial charge is 0.243 e. The first-order valence-corrected chi connectivity index (χ1v) is 10.6. The lowest BCUT2D eigenvalue weighted by atomic mass is 9.90. The first-order chi connectivity index (χ1) is 13.1. The number of carbonyl (C=O) groups is 1. The van der Waals surface area contributed by atoms with Crippen molar-refractivity contribution in [3.05, 3.63) is 24.3 Å². The number of benzene rings is 1. The van der Waals surface area contributed by atoms with Gasteiger partial charge in [0.05, 0.1) is 24.6 Å². The number of methoxy groups -OCH3 is 1. The van der Waals surface area contributed by atoms with Crippen molar-refractivity contribution in [1.82, 2.24) is 14.5 Å². The summed E-state index contributed by atoms with van der Waals surface area (Å²) in [4.78, 5) is 14.4. The van der Waals surface area contributed by atoms with Crippen LogP contribution in [-0.4, -0.2) is 68.9 Å². The van der Waals surface area contributed by atoms with E-state index in [-0.39, 0.29) is 23.3 Å². The molecule has 154 valence electrons. The fourth-order valence-corrected chi connectivity index (χ4v) is 4.28. The van der Waals surface area contributed by atoms with Crippen molar-refractivity contribution in [3.8, 4) is 11.8 Å². The maximum absolute atomic E-state index is 12.8. The molecule has 8 nitrogen and oxygen atoms in total. The lowest BCUT2D eigenvalue weighted by Gasteiger charge is -2.34. The number of ether oxygens (including phenoxy) is 1. The Kier molecular flexibility index (Phi) is 7.04. The Labute approximate surface area is 167 Å². The van der Waals surface area contributed by atoms with Crippen molar-refractivity contribution in [1.29, 1.82) is 5.26 Å². The van der Waals surface area contributed by atoms with Crippen LogP contribution in [0, 0.1) is 17.2 Å². The molecule has 0 spiro atoms. The third-order valence-corrected chi connectivity index (χ3v) is 7.09. The van der Waals surface area contributed by atoms with Gasteiger partial charge in [-0.2, -0.15) is 9.57 Å². The number of nitriles is 1. The maximum Gasteiger partial charge on any atom is 0.243 e. The molecular weight excluding hydrogens is 380 g/mol. The molecule has 1 atom stereocenters. The summed E-state index contributed by atoms with van der Waals surface area (Å²) >= 11 is 0. The highest BCUT2D eigenvalue weighted by atomic mass is 32.2. The van der Waals surface area contributed by atoms with Crippen LogP contribution in [0.5, 0.6) is 5.75 Å². The predicted octanol–water partition coefficient (Wildman–Crippen LogP) is 1.06. The van der Waals surface area contributed by atoms with Crippen LogP contribution in [0.25, 0.3) is 0 Å². The molecule has 0 bridgehead atoms. The summed E-state index contributed by atoms with van der Waals surface area (Å²) in [6, 6.07) is 8.45. The number of rotatable bonds is 7. The fourth-order valence-electron chi connectivity index (χ4n) is 2.86. The Morgan fingerprint density at radius 3 is 2.29 bits per heavy atom. The van der Waals surface area contributed by atoms with Crippen molar-refractivity contribution in [2.45, 2.75) is 31.2 Å². The molecule has 2 rings (SSSR count). The molecule has 0 saturated carbocycles. The number of sulfonamides is 1. The van der Waals surface area contributed by atoms with E-state index in [4.69, 9.17) is 4.74 Å². The Balaban J connectivity index is 1.93. The zero-order valence-corrected chi connectivity index (χ0v) is 17.6. The molecule has 0 unspecified atom stereocenters. The second kappa shape index (κ2) is 8.90. The summed E-state index contributed by atoms with van der Waals surface area (Å²) in [5.41, 5.74) is -0.920. The van der Waals surface area contributed by atoms with Gasteiger partial charge in [0.15, 0.2) is 0 Å². The molecule has 1 aromatic rings. The summed E-state index contributed by atoms with van der Waals surface area (Å²) in [6.45, 7) is 7.12. The molecule has 1 aromatic carbocycles. The molecule has 0 aliphatic carbocycles. The van der Waals surface area contributed by atoms with Gasteiger partial charge in [0.1, 0.15) is 11.3 Å². The van der Waals surface area contributed by atoms with E-state index in [1.54, 1.807) is 19.1 Å². The number of amides is 1. The normalized spacial score (nSPS) is 18.3. The molecule has 0 aromatic heterocycles. The summed E-state index contributed by atoms with van der Waals surface area (Å²) in [6.07, 6.45) is 0. The highest BCUT2D eigenvalue weighted by Gasteiger charge is 2.32. The first kappa shape index (κ1) is 22.1. The van der Waals surface area contributed by atoms with Gasteiger partial charge in [-0.3, -0.25) is 9.69 Å². The van der Waals surface area contributed by atoms with Gasteiger partial charge in [-0.15, -0.1) is 0 Å². The summed E-state index contributed by atoms with van der Waals surface area (Å²) in [5.74, 6) is 0.345. The Hall–Kier alpha value is -2.15. The van der Waals surface area contributed by atoms with Crippen molar-refractivity contribution in [2.24, 2.45) is 5.92 Å². The van der Waals surface area contributed by atoms with Crippen LogP contribution < -0.4 is 10.1 Å².